The van der Waals surface area contributed by atoms with Gasteiger partial charge in [0.05, 0.1) is 12.2 Å². The van der Waals surface area contributed by atoms with Crippen LogP contribution in [0.4, 0.5) is 18.0 Å². The lowest BCUT2D eigenvalue weighted by Crippen LogP contribution is -2.32. The number of halogens is 3. The Balaban J connectivity index is 2.04. The van der Waals surface area contributed by atoms with E-state index in [4.69, 9.17) is 4.74 Å². The van der Waals surface area contributed by atoms with Crippen LogP contribution >= 0.6 is 0 Å². The Morgan fingerprint density at radius 3 is 2.55 bits per heavy atom. The van der Waals surface area contributed by atoms with Crippen molar-refractivity contribution in [2.75, 3.05) is 0 Å². The molecule has 0 bridgehead atoms. The van der Waals surface area contributed by atoms with Crippen molar-refractivity contribution in [3.8, 4) is 0 Å². The van der Waals surface area contributed by atoms with Crippen LogP contribution in [0.2, 0.25) is 0 Å². The molecule has 1 fully saturated rings. The summed E-state index contributed by atoms with van der Waals surface area (Å²) in [7, 11) is 0. The highest BCUT2D eigenvalue weighted by Gasteiger charge is 2.35. The van der Waals surface area contributed by atoms with Crippen LogP contribution in [0.1, 0.15) is 45.0 Å². The van der Waals surface area contributed by atoms with Gasteiger partial charge in [-0.2, -0.15) is 18.3 Å². The zero-order valence-electron chi connectivity index (χ0n) is 12.8. The molecule has 8 heteroatoms. The summed E-state index contributed by atoms with van der Waals surface area (Å²) in [6.45, 7) is 5.54. The number of nitrogens with zero attached hydrogens (tertiary/aromatic N) is 2. The van der Waals surface area contributed by atoms with Gasteiger partial charge < -0.3 is 10.1 Å². The van der Waals surface area contributed by atoms with Gasteiger partial charge in [0.1, 0.15) is 5.60 Å². The van der Waals surface area contributed by atoms with Gasteiger partial charge in [-0.05, 0) is 45.6 Å². The Morgan fingerprint density at radius 1 is 1.41 bits per heavy atom. The van der Waals surface area contributed by atoms with Crippen LogP contribution in [0.25, 0.3) is 0 Å². The summed E-state index contributed by atoms with van der Waals surface area (Å²) in [5.41, 5.74) is -1.27. The number of aromatic nitrogens is 2. The lowest BCUT2D eigenvalue weighted by molar-refractivity contribution is -0.141. The molecule has 0 aromatic carbocycles. The normalized spacial score (nSPS) is 15.7. The molecule has 1 aliphatic carbocycles. The standard InChI is InChI=1S/C14H20F3N3O2/c1-13(2,3)22-12(21)18-7-10-6-11(14(15,16)17)19-20(10)8-9-4-5-9/h6,9H,4-5,7-8H2,1-3H3,(H,18,21). The Kier molecular flexibility index (Phi) is 4.39. The van der Waals surface area contributed by atoms with Gasteiger partial charge in [-0.3, -0.25) is 4.68 Å². The third-order valence-electron chi connectivity index (χ3n) is 3.09. The highest BCUT2D eigenvalue weighted by molar-refractivity contribution is 5.67. The largest absolute Gasteiger partial charge is 0.444 e. The van der Waals surface area contributed by atoms with Crippen LogP contribution in [-0.4, -0.2) is 21.5 Å². The Bertz CT molecular complexity index is 543. The van der Waals surface area contributed by atoms with Crippen LogP contribution in [-0.2, 0) is 24.0 Å². The first-order valence-corrected chi connectivity index (χ1v) is 7.15. The van der Waals surface area contributed by atoms with E-state index < -0.39 is 23.6 Å². The molecule has 0 saturated heterocycles. The van der Waals surface area contributed by atoms with E-state index in [9.17, 15) is 18.0 Å². The summed E-state index contributed by atoms with van der Waals surface area (Å²) in [6.07, 6.45) is -3.16. The fraction of sp³-hybridized carbons (Fsp3) is 0.714. The average molecular weight is 319 g/mol. The topological polar surface area (TPSA) is 56.1 Å². The van der Waals surface area contributed by atoms with Crippen molar-refractivity contribution in [3.05, 3.63) is 17.5 Å². The molecule has 1 aromatic rings. The van der Waals surface area contributed by atoms with Crippen LogP contribution in [0.15, 0.2) is 6.07 Å². The number of carbonyl (C=O) groups is 1. The maximum atomic E-state index is 12.8. The zero-order valence-corrected chi connectivity index (χ0v) is 12.8. The molecule has 1 saturated carbocycles. The molecule has 0 spiro atoms. The SMILES string of the molecule is CC(C)(C)OC(=O)NCc1cc(C(F)(F)F)nn1CC1CC1. The molecule has 1 N–H and O–H groups in total. The fourth-order valence-corrected chi connectivity index (χ4v) is 1.92. The molecule has 0 radical (unpaired) electrons. The summed E-state index contributed by atoms with van der Waals surface area (Å²) in [5, 5.41) is 6.08. The molecule has 22 heavy (non-hydrogen) atoms. The maximum Gasteiger partial charge on any atom is 0.435 e. The summed E-state index contributed by atoms with van der Waals surface area (Å²) in [5.74, 6) is 0.376. The van der Waals surface area contributed by atoms with Crippen molar-refractivity contribution < 1.29 is 22.7 Å². The third-order valence-corrected chi connectivity index (χ3v) is 3.09. The predicted molar refractivity (Wildman–Crippen MR) is 73.0 cm³/mol. The number of ether oxygens (including phenoxy) is 1. The molecule has 1 amide bonds. The Labute approximate surface area is 126 Å². The molecule has 0 atom stereocenters. The molecule has 0 unspecified atom stereocenters. The van der Waals surface area contributed by atoms with Crippen LogP contribution in [0.5, 0.6) is 0 Å². The molecule has 1 aromatic heterocycles. The van der Waals surface area contributed by atoms with Crippen LogP contribution in [0, 0.1) is 5.92 Å². The van der Waals surface area contributed by atoms with E-state index in [1.807, 2.05) is 0 Å². The summed E-state index contributed by atoms with van der Waals surface area (Å²) in [4.78, 5) is 11.6. The van der Waals surface area contributed by atoms with E-state index in [1.165, 1.54) is 4.68 Å². The van der Waals surface area contributed by atoms with E-state index in [0.29, 0.717) is 18.2 Å². The highest BCUT2D eigenvalue weighted by Crippen LogP contribution is 2.33. The second-order valence-corrected chi connectivity index (χ2v) is 6.50. The Morgan fingerprint density at radius 2 is 2.05 bits per heavy atom. The average Bonchev–Trinajstić information content (AvgIpc) is 3.02. The summed E-state index contributed by atoms with van der Waals surface area (Å²) >= 11 is 0. The van der Waals surface area contributed by atoms with Gasteiger partial charge in [0, 0.05) is 6.54 Å². The van der Waals surface area contributed by atoms with E-state index in [0.717, 1.165) is 18.9 Å². The zero-order chi connectivity index (χ0) is 16.5. The van der Waals surface area contributed by atoms with E-state index in [-0.39, 0.29) is 6.54 Å². The quantitative estimate of drug-likeness (QED) is 0.926. The fourth-order valence-electron chi connectivity index (χ4n) is 1.92. The number of carbonyl (C=O) groups excluding carboxylic acids is 1. The molecule has 1 heterocycles. The van der Waals surface area contributed by atoms with Gasteiger partial charge in [-0.25, -0.2) is 4.79 Å². The smallest absolute Gasteiger partial charge is 0.435 e. The van der Waals surface area contributed by atoms with Crippen molar-refractivity contribution in [3.63, 3.8) is 0 Å². The minimum atomic E-state index is -4.49. The number of amides is 1. The van der Waals surface area contributed by atoms with E-state index in [1.54, 1.807) is 20.8 Å². The van der Waals surface area contributed by atoms with Crippen molar-refractivity contribution in [2.24, 2.45) is 5.92 Å². The van der Waals surface area contributed by atoms with Gasteiger partial charge in [-0.1, -0.05) is 0 Å². The lowest BCUT2D eigenvalue weighted by Gasteiger charge is -2.19. The molecule has 5 nitrogen and oxygen atoms in total. The number of alkyl carbamates (subject to hydrolysis) is 1. The van der Waals surface area contributed by atoms with Crippen molar-refractivity contribution in [1.82, 2.24) is 15.1 Å². The lowest BCUT2D eigenvalue weighted by atomic mass is 10.2. The number of alkyl halides is 3. The molecular weight excluding hydrogens is 299 g/mol. The number of hydrogen-bond donors (Lipinski definition) is 1. The van der Waals surface area contributed by atoms with Gasteiger partial charge in [-0.15, -0.1) is 0 Å². The maximum absolute atomic E-state index is 12.8. The second kappa shape index (κ2) is 5.81. The van der Waals surface area contributed by atoms with Crippen molar-refractivity contribution in [2.45, 2.75) is 58.5 Å². The number of hydrogen-bond acceptors (Lipinski definition) is 3. The van der Waals surface area contributed by atoms with Gasteiger partial charge in [0.15, 0.2) is 5.69 Å². The highest BCUT2D eigenvalue weighted by atomic mass is 19.4. The van der Waals surface area contributed by atoms with Crippen molar-refractivity contribution >= 4 is 6.09 Å². The third kappa shape index (κ3) is 4.92. The molecule has 124 valence electrons. The number of rotatable bonds is 4. The minimum Gasteiger partial charge on any atom is -0.444 e. The molecule has 2 rings (SSSR count). The van der Waals surface area contributed by atoms with Crippen molar-refractivity contribution in [1.29, 1.82) is 0 Å². The first-order chi connectivity index (χ1) is 10.0. The molecular formula is C14H20F3N3O2. The van der Waals surface area contributed by atoms with Gasteiger partial charge in [0.2, 0.25) is 0 Å². The van der Waals surface area contributed by atoms with E-state index in [2.05, 4.69) is 10.4 Å². The Hall–Kier alpha value is -1.73. The minimum absolute atomic E-state index is 0.0509. The summed E-state index contributed by atoms with van der Waals surface area (Å²) in [6, 6.07) is 0.972. The van der Waals surface area contributed by atoms with Crippen LogP contribution in [0.3, 0.4) is 0 Å². The van der Waals surface area contributed by atoms with Gasteiger partial charge >= 0.3 is 12.3 Å². The molecule has 0 aliphatic heterocycles. The monoisotopic (exact) mass is 319 g/mol. The van der Waals surface area contributed by atoms with E-state index >= 15 is 0 Å². The first-order valence-electron chi connectivity index (χ1n) is 7.15. The van der Waals surface area contributed by atoms with Crippen LogP contribution < -0.4 is 5.32 Å². The van der Waals surface area contributed by atoms with Gasteiger partial charge in [0.25, 0.3) is 0 Å². The summed E-state index contributed by atoms with van der Waals surface area (Å²) < 4.78 is 44.7. The predicted octanol–water partition coefficient (Wildman–Crippen LogP) is 3.34. The first kappa shape index (κ1) is 16.6. The second-order valence-electron chi connectivity index (χ2n) is 6.50. The number of nitrogens with one attached hydrogen (secondary N) is 1. The molecule has 1 aliphatic rings.